The average molecular weight is 380 g/mol. The van der Waals surface area contributed by atoms with Crippen molar-refractivity contribution in [2.45, 2.75) is 19.9 Å². The standard InChI is InChI=1S/C21H21FN4O2/c1-14-11-20(26(24-14)17-9-7-16(22)8-10-17)23-21(27)12-25-15(2)13-28-19-6-4-3-5-18(19)25/h3-11,15H,12-13H2,1-2H3,(H,23,27)/t15-/m1/s1. The van der Waals surface area contributed by atoms with Gasteiger partial charge < -0.3 is 15.0 Å². The van der Waals surface area contributed by atoms with Crippen molar-refractivity contribution in [1.29, 1.82) is 0 Å². The number of nitrogens with one attached hydrogen (secondary N) is 1. The molecule has 0 aliphatic carbocycles. The molecule has 28 heavy (non-hydrogen) atoms. The number of hydrogen-bond donors (Lipinski definition) is 1. The summed E-state index contributed by atoms with van der Waals surface area (Å²) in [4.78, 5) is 14.8. The summed E-state index contributed by atoms with van der Waals surface area (Å²) in [6, 6.07) is 15.5. The molecule has 0 bridgehead atoms. The van der Waals surface area contributed by atoms with Gasteiger partial charge in [0.15, 0.2) is 0 Å². The summed E-state index contributed by atoms with van der Waals surface area (Å²) in [5, 5.41) is 7.34. The maximum absolute atomic E-state index is 13.2. The van der Waals surface area contributed by atoms with Crippen molar-refractivity contribution >= 4 is 17.4 Å². The zero-order valence-electron chi connectivity index (χ0n) is 15.7. The van der Waals surface area contributed by atoms with Crippen molar-refractivity contribution in [3.05, 3.63) is 66.1 Å². The molecule has 1 N–H and O–H groups in total. The van der Waals surface area contributed by atoms with E-state index in [1.165, 1.54) is 12.1 Å². The lowest BCUT2D eigenvalue weighted by atomic mass is 10.1. The van der Waals surface area contributed by atoms with Crippen LogP contribution in [0.1, 0.15) is 12.6 Å². The van der Waals surface area contributed by atoms with Crippen molar-refractivity contribution in [2.75, 3.05) is 23.4 Å². The van der Waals surface area contributed by atoms with Crippen LogP contribution in [0.25, 0.3) is 5.69 Å². The number of ether oxygens (including phenoxy) is 1. The molecule has 2 aromatic carbocycles. The minimum Gasteiger partial charge on any atom is -0.489 e. The van der Waals surface area contributed by atoms with Crippen LogP contribution in [0.15, 0.2) is 54.6 Å². The molecule has 6 nitrogen and oxygen atoms in total. The van der Waals surface area contributed by atoms with Gasteiger partial charge in [-0.25, -0.2) is 9.07 Å². The van der Waals surface area contributed by atoms with E-state index in [4.69, 9.17) is 4.74 Å². The Bertz CT molecular complexity index is 1000. The van der Waals surface area contributed by atoms with Gasteiger partial charge in [0, 0.05) is 6.07 Å². The van der Waals surface area contributed by atoms with E-state index in [1.54, 1.807) is 22.9 Å². The molecule has 0 fully saturated rings. The Morgan fingerprint density at radius 2 is 2.00 bits per heavy atom. The van der Waals surface area contributed by atoms with Crippen LogP contribution in [-0.2, 0) is 4.79 Å². The van der Waals surface area contributed by atoms with E-state index in [0.717, 1.165) is 17.1 Å². The third-order valence-electron chi connectivity index (χ3n) is 4.67. The van der Waals surface area contributed by atoms with Crippen LogP contribution in [0.2, 0.25) is 0 Å². The van der Waals surface area contributed by atoms with Gasteiger partial charge in [-0.1, -0.05) is 12.1 Å². The Morgan fingerprint density at radius 1 is 1.25 bits per heavy atom. The lowest BCUT2D eigenvalue weighted by Crippen LogP contribution is -2.45. The number of aryl methyl sites for hydroxylation is 1. The number of aromatic nitrogens is 2. The van der Waals surface area contributed by atoms with E-state index in [1.807, 2.05) is 43.0 Å². The summed E-state index contributed by atoms with van der Waals surface area (Å²) in [5.41, 5.74) is 2.33. The molecule has 7 heteroatoms. The number of carbonyl (C=O) groups excluding carboxylic acids is 1. The monoisotopic (exact) mass is 380 g/mol. The molecule has 0 unspecified atom stereocenters. The van der Waals surface area contributed by atoms with Crippen LogP contribution in [-0.4, -0.2) is 34.9 Å². The highest BCUT2D eigenvalue weighted by molar-refractivity contribution is 5.94. The van der Waals surface area contributed by atoms with Crippen molar-refractivity contribution < 1.29 is 13.9 Å². The number of nitrogens with zero attached hydrogens (tertiary/aromatic N) is 3. The number of para-hydroxylation sites is 2. The highest BCUT2D eigenvalue weighted by Gasteiger charge is 2.26. The zero-order chi connectivity index (χ0) is 19.7. The second-order valence-electron chi connectivity index (χ2n) is 6.86. The first-order valence-corrected chi connectivity index (χ1v) is 9.12. The molecule has 0 spiro atoms. The summed E-state index contributed by atoms with van der Waals surface area (Å²) >= 11 is 0. The summed E-state index contributed by atoms with van der Waals surface area (Å²) in [5.74, 6) is 0.842. The highest BCUT2D eigenvalue weighted by atomic mass is 19.1. The SMILES string of the molecule is Cc1cc(NC(=O)CN2c3ccccc3OC[C@H]2C)n(-c2ccc(F)cc2)n1. The van der Waals surface area contributed by atoms with Crippen LogP contribution < -0.4 is 15.0 Å². The molecule has 1 aromatic heterocycles. The fourth-order valence-electron chi connectivity index (χ4n) is 3.30. The number of halogens is 1. The van der Waals surface area contributed by atoms with E-state index in [-0.39, 0.29) is 24.3 Å². The minimum atomic E-state index is -0.321. The van der Waals surface area contributed by atoms with Gasteiger partial charge in [-0.15, -0.1) is 0 Å². The Balaban J connectivity index is 1.54. The maximum Gasteiger partial charge on any atom is 0.245 e. The normalized spacial score (nSPS) is 15.7. The molecule has 1 aliphatic rings. The molecule has 3 aromatic rings. The smallest absolute Gasteiger partial charge is 0.245 e. The summed E-state index contributed by atoms with van der Waals surface area (Å²) in [6.07, 6.45) is 0. The number of benzene rings is 2. The fourth-order valence-corrected chi connectivity index (χ4v) is 3.30. The van der Waals surface area contributed by atoms with Crippen LogP contribution in [0, 0.1) is 12.7 Å². The highest BCUT2D eigenvalue weighted by Crippen LogP contribution is 2.33. The summed E-state index contributed by atoms with van der Waals surface area (Å²) in [7, 11) is 0. The summed E-state index contributed by atoms with van der Waals surface area (Å²) in [6.45, 7) is 4.58. The van der Waals surface area contributed by atoms with Gasteiger partial charge in [-0.2, -0.15) is 5.10 Å². The predicted octanol–water partition coefficient (Wildman–Crippen LogP) is 3.55. The van der Waals surface area contributed by atoms with Gasteiger partial charge >= 0.3 is 0 Å². The summed E-state index contributed by atoms with van der Waals surface area (Å²) < 4.78 is 20.6. The molecule has 0 saturated heterocycles. The molecular weight excluding hydrogens is 359 g/mol. The molecule has 4 rings (SSSR count). The van der Waals surface area contributed by atoms with Gasteiger partial charge in [0.2, 0.25) is 5.91 Å². The first kappa shape index (κ1) is 18.0. The number of carbonyl (C=O) groups is 1. The molecule has 0 saturated carbocycles. The minimum absolute atomic E-state index is 0.0735. The average Bonchev–Trinajstić information content (AvgIpc) is 3.04. The second-order valence-corrected chi connectivity index (χ2v) is 6.86. The molecule has 0 radical (unpaired) electrons. The predicted molar refractivity (Wildman–Crippen MR) is 106 cm³/mol. The van der Waals surface area contributed by atoms with Crippen LogP contribution >= 0.6 is 0 Å². The first-order chi connectivity index (χ1) is 13.5. The molecule has 144 valence electrons. The van der Waals surface area contributed by atoms with E-state index >= 15 is 0 Å². The van der Waals surface area contributed by atoms with Crippen molar-refractivity contribution in [3.63, 3.8) is 0 Å². The van der Waals surface area contributed by atoms with Gasteiger partial charge in [0.1, 0.15) is 24.0 Å². The van der Waals surface area contributed by atoms with Gasteiger partial charge in [0.25, 0.3) is 0 Å². The largest absolute Gasteiger partial charge is 0.489 e. The Labute approximate surface area is 162 Å². The molecule has 2 heterocycles. The van der Waals surface area contributed by atoms with Crippen molar-refractivity contribution in [2.24, 2.45) is 0 Å². The van der Waals surface area contributed by atoms with Gasteiger partial charge in [-0.05, 0) is 50.2 Å². The maximum atomic E-state index is 13.2. The van der Waals surface area contributed by atoms with Crippen molar-refractivity contribution in [1.82, 2.24) is 9.78 Å². The number of anilines is 2. The number of rotatable bonds is 4. The van der Waals surface area contributed by atoms with E-state index in [2.05, 4.69) is 10.4 Å². The first-order valence-electron chi connectivity index (χ1n) is 9.12. The van der Waals surface area contributed by atoms with Crippen LogP contribution in [0.5, 0.6) is 5.75 Å². The third kappa shape index (κ3) is 3.55. The van der Waals surface area contributed by atoms with E-state index in [9.17, 15) is 9.18 Å². The van der Waals surface area contributed by atoms with Crippen molar-refractivity contribution in [3.8, 4) is 11.4 Å². The van der Waals surface area contributed by atoms with Crippen LogP contribution in [0.4, 0.5) is 15.9 Å². The molecule has 1 amide bonds. The van der Waals surface area contributed by atoms with Gasteiger partial charge in [-0.3, -0.25) is 4.79 Å². The van der Waals surface area contributed by atoms with Crippen LogP contribution in [0.3, 0.4) is 0 Å². The Kier molecular flexibility index (Phi) is 4.73. The van der Waals surface area contributed by atoms with E-state index < -0.39 is 0 Å². The topological polar surface area (TPSA) is 59.4 Å². The van der Waals surface area contributed by atoms with E-state index in [0.29, 0.717) is 18.1 Å². The zero-order valence-corrected chi connectivity index (χ0v) is 15.7. The number of amides is 1. The second kappa shape index (κ2) is 7.34. The number of hydrogen-bond acceptors (Lipinski definition) is 4. The third-order valence-corrected chi connectivity index (χ3v) is 4.67. The lowest BCUT2D eigenvalue weighted by Gasteiger charge is -2.36. The molecule has 1 aliphatic heterocycles. The number of fused-ring (bicyclic) bond motifs is 1. The molecular formula is C21H21FN4O2. The molecule has 1 atom stereocenters. The Morgan fingerprint density at radius 3 is 2.79 bits per heavy atom. The van der Waals surface area contributed by atoms with Gasteiger partial charge in [0.05, 0.1) is 29.7 Å². The quantitative estimate of drug-likeness (QED) is 0.752. The Hall–Kier alpha value is -3.35. The fraction of sp³-hybridized carbons (Fsp3) is 0.238. The lowest BCUT2D eigenvalue weighted by molar-refractivity contribution is -0.115.